The van der Waals surface area contributed by atoms with Gasteiger partial charge in [-0.05, 0) is 50.4 Å². The van der Waals surface area contributed by atoms with Gasteiger partial charge in [0.15, 0.2) is 0 Å². The number of sulfonamides is 1. The second-order valence-electron chi connectivity index (χ2n) is 7.88. The SMILES string of the molecule is Cc1nc(-c2ccccc2)ccc1C(=O)Nc1ccc(S(=O)(=O)N2CCN(C)CC2)cc1. The van der Waals surface area contributed by atoms with E-state index in [1.165, 1.54) is 16.4 Å². The Morgan fingerprint density at radius 2 is 1.56 bits per heavy atom. The molecule has 0 bridgehead atoms. The van der Waals surface area contributed by atoms with Gasteiger partial charge < -0.3 is 10.2 Å². The average molecular weight is 451 g/mol. The number of aromatic nitrogens is 1. The lowest BCUT2D eigenvalue weighted by molar-refractivity contribution is 0.102. The summed E-state index contributed by atoms with van der Waals surface area (Å²) >= 11 is 0. The summed E-state index contributed by atoms with van der Waals surface area (Å²) in [7, 11) is -1.56. The zero-order valence-electron chi connectivity index (χ0n) is 18.2. The molecule has 0 radical (unpaired) electrons. The molecule has 0 atom stereocenters. The lowest BCUT2D eigenvalue weighted by Gasteiger charge is -2.31. The number of nitrogens with one attached hydrogen (secondary N) is 1. The highest BCUT2D eigenvalue weighted by molar-refractivity contribution is 7.89. The molecule has 0 unspecified atom stereocenters. The van der Waals surface area contributed by atoms with Crippen molar-refractivity contribution < 1.29 is 13.2 Å². The van der Waals surface area contributed by atoms with Gasteiger partial charge in [0.2, 0.25) is 10.0 Å². The molecular weight excluding hydrogens is 424 g/mol. The Bertz CT molecular complexity index is 1200. The third-order valence-electron chi connectivity index (χ3n) is 5.61. The summed E-state index contributed by atoms with van der Waals surface area (Å²) in [6.07, 6.45) is 0. The maximum absolute atomic E-state index is 12.9. The zero-order valence-corrected chi connectivity index (χ0v) is 19.0. The number of likely N-dealkylation sites (N-methyl/N-ethyl adjacent to an activating group) is 1. The third-order valence-corrected chi connectivity index (χ3v) is 7.53. The molecule has 4 rings (SSSR count). The summed E-state index contributed by atoms with van der Waals surface area (Å²) < 4.78 is 27.2. The van der Waals surface area contributed by atoms with Gasteiger partial charge in [0, 0.05) is 37.4 Å². The molecule has 1 aromatic heterocycles. The van der Waals surface area contributed by atoms with Gasteiger partial charge in [-0.2, -0.15) is 4.31 Å². The van der Waals surface area contributed by atoms with Crippen LogP contribution in [0.3, 0.4) is 0 Å². The van der Waals surface area contributed by atoms with Crippen LogP contribution in [-0.2, 0) is 10.0 Å². The predicted octanol–water partition coefficient (Wildman–Crippen LogP) is 3.25. The molecule has 0 saturated carbocycles. The van der Waals surface area contributed by atoms with Crippen molar-refractivity contribution in [3.8, 4) is 11.3 Å². The number of benzene rings is 2. The van der Waals surface area contributed by atoms with E-state index in [9.17, 15) is 13.2 Å². The van der Waals surface area contributed by atoms with Crippen molar-refractivity contribution in [1.82, 2.24) is 14.2 Å². The second kappa shape index (κ2) is 9.20. The van der Waals surface area contributed by atoms with Crippen LogP contribution in [0.15, 0.2) is 71.6 Å². The number of hydrogen-bond donors (Lipinski definition) is 1. The number of carbonyl (C=O) groups excluding carboxylic acids is 1. The minimum atomic E-state index is -3.54. The first-order valence-corrected chi connectivity index (χ1v) is 11.9. The van der Waals surface area contributed by atoms with Gasteiger partial charge in [-0.1, -0.05) is 30.3 Å². The number of piperazine rings is 1. The Morgan fingerprint density at radius 1 is 0.906 bits per heavy atom. The number of nitrogens with zero attached hydrogens (tertiary/aromatic N) is 3. The number of carbonyl (C=O) groups is 1. The van der Waals surface area contributed by atoms with Crippen molar-refractivity contribution in [2.24, 2.45) is 0 Å². The molecule has 1 aliphatic heterocycles. The molecule has 166 valence electrons. The fourth-order valence-corrected chi connectivity index (χ4v) is 5.08. The third kappa shape index (κ3) is 4.72. The summed E-state index contributed by atoms with van der Waals surface area (Å²) in [6.45, 7) is 4.17. The molecular formula is C24H26N4O3S. The minimum absolute atomic E-state index is 0.227. The van der Waals surface area contributed by atoms with E-state index >= 15 is 0 Å². The molecule has 32 heavy (non-hydrogen) atoms. The molecule has 3 aromatic rings. The average Bonchev–Trinajstić information content (AvgIpc) is 2.80. The Hall–Kier alpha value is -3.07. The molecule has 1 amide bonds. The molecule has 0 aliphatic carbocycles. The largest absolute Gasteiger partial charge is 0.322 e. The van der Waals surface area contributed by atoms with Crippen LogP contribution in [0.25, 0.3) is 11.3 Å². The van der Waals surface area contributed by atoms with Crippen LogP contribution in [0.2, 0.25) is 0 Å². The summed E-state index contributed by atoms with van der Waals surface area (Å²) in [6, 6.07) is 19.7. The molecule has 2 heterocycles. The van der Waals surface area contributed by atoms with Gasteiger partial charge in [0.25, 0.3) is 5.91 Å². The number of anilines is 1. The molecule has 1 aliphatic rings. The summed E-state index contributed by atoms with van der Waals surface area (Å²) in [5, 5.41) is 2.83. The fraction of sp³-hybridized carbons (Fsp3) is 0.250. The highest BCUT2D eigenvalue weighted by atomic mass is 32.2. The smallest absolute Gasteiger partial charge is 0.257 e. The van der Waals surface area contributed by atoms with E-state index in [1.807, 2.05) is 43.4 Å². The van der Waals surface area contributed by atoms with Crippen molar-refractivity contribution in [3.63, 3.8) is 0 Å². The first kappa shape index (κ1) is 22.1. The van der Waals surface area contributed by atoms with Crippen molar-refractivity contribution in [2.45, 2.75) is 11.8 Å². The fourth-order valence-electron chi connectivity index (χ4n) is 3.66. The topological polar surface area (TPSA) is 82.6 Å². The molecule has 1 N–H and O–H groups in total. The summed E-state index contributed by atoms with van der Waals surface area (Å²) in [4.78, 5) is 19.7. The van der Waals surface area contributed by atoms with Crippen molar-refractivity contribution in [2.75, 3.05) is 38.5 Å². The highest BCUT2D eigenvalue weighted by Crippen LogP contribution is 2.22. The van der Waals surface area contributed by atoms with Gasteiger partial charge in [-0.3, -0.25) is 9.78 Å². The molecule has 8 heteroatoms. The first-order chi connectivity index (χ1) is 15.3. The lowest BCUT2D eigenvalue weighted by Crippen LogP contribution is -2.46. The number of rotatable bonds is 5. The van der Waals surface area contributed by atoms with Crippen molar-refractivity contribution >= 4 is 21.6 Å². The molecule has 2 aromatic carbocycles. The van der Waals surface area contributed by atoms with Crippen LogP contribution < -0.4 is 5.32 Å². The van der Waals surface area contributed by atoms with Crippen LogP contribution in [0.1, 0.15) is 16.1 Å². The monoisotopic (exact) mass is 450 g/mol. The van der Waals surface area contributed by atoms with Gasteiger partial charge in [-0.25, -0.2) is 8.42 Å². The Kier molecular flexibility index (Phi) is 6.36. The van der Waals surface area contributed by atoms with E-state index in [4.69, 9.17) is 0 Å². The van der Waals surface area contributed by atoms with Crippen LogP contribution >= 0.6 is 0 Å². The summed E-state index contributed by atoms with van der Waals surface area (Å²) in [5.74, 6) is -0.288. The quantitative estimate of drug-likeness (QED) is 0.645. The zero-order chi connectivity index (χ0) is 22.7. The molecule has 0 spiro atoms. The molecule has 1 fully saturated rings. The van der Waals surface area contributed by atoms with E-state index in [0.717, 1.165) is 11.3 Å². The van der Waals surface area contributed by atoms with Gasteiger partial charge in [-0.15, -0.1) is 0 Å². The lowest BCUT2D eigenvalue weighted by atomic mass is 10.1. The van der Waals surface area contributed by atoms with Gasteiger partial charge >= 0.3 is 0 Å². The van der Waals surface area contributed by atoms with E-state index in [1.54, 1.807) is 25.1 Å². The number of hydrogen-bond acceptors (Lipinski definition) is 5. The van der Waals surface area contributed by atoms with E-state index in [2.05, 4.69) is 15.2 Å². The maximum atomic E-state index is 12.9. The number of pyridine rings is 1. The van der Waals surface area contributed by atoms with E-state index in [-0.39, 0.29) is 10.8 Å². The molecule has 1 saturated heterocycles. The van der Waals surface area contributed by atoms with E-state index < -0.39 is 10.0 Å². The van der Waals surface area contributed by atoms with Crippen LogP contribution in [0.4, 0.5) is 5.69 Å². The second-order valence-corrected chi connectivity index (χ2v) is 9.82. The van der Waals surface area contributed by atoms with Gasteiger partial charge in [0.1, 0.15) is 0 Å². The first-order valence-electron chi connectivity index (χ1n) is 10.5. The Labute approximate surface area is 188 Å². The van der Waals surface area contributed by atoms with Crippen molar-refractivity contribution in [3.05, 3.63) is 78.0 Å². The molecule has 7 nitrogen and oxygen atoms in total. The predicted molar refractivity (Wildman–Crippen MR) is 125 cm³/mol. The van der Waals surface area contributed by atoms with E-state index in [0.29, 0.717) is 43.1 Å². The van der Waals surface area contributed by atoms with Crippen LogP contribution in [0.5, 0.6) is 0 Å². The van der Waals surface area contributed by atoms with Crippen LogP contribution in [-0.4, -0.2) is 61.7 Å². The number of aryl methyl sites for hydroxylation is 1. The summed E-state index contributed by atoms with van der Waals surface area (Å²) in [5.41, 5.74) is 3.41. The normalized spacial score (nSPS) is 15.4. The maximum Gasteiger partial charge on any atom is 0.257 e. The Morgan fingerprint density at radius 3 is 2.19 bits per heavy atom. The van der Waals surface area contributed by atoms with Gasteiger partial charge in [0.05, 0.1) is 21.8 Å². The Balaban J connectivity index is 1.46. The number of amides is 1. The minimum Gasteiger partial charge on any atom is -0.322 e. The standard InChI is InChI=1S/C24H26N4O3S/c1-18-22(12-13-23(25-18)19-6-4-3-5-7-19)24(29)26-20-8-10-21(11-9-20)32(30,31)28-16-14-27(2)15-17-28/h3-13H,14-17H2,1-2H3,(H,26,29). The highest BCUT2D eigenvalue weighted by Gasteiger charge is 2.27. The van der Waals surface area contributed by atoms with Crippen molar-refractivity contribution in [1.29, 1.82) is 0 Å². The van der Waals surface area contributed by atoms with Crippen LogP contribution in [0, 0.1) is 6.92 Å².